The molecule has 2 amide bonds. The maximum atomic E-state index is 13.2. The maximum Gasteiger partial charge on any atom is 0.253 e. The third-order valence-electron chi connectivity index (χ3n) is 6.27. The molecule has 8 heteroatoms. The van der Waals surface area contributed by atoms with E-state index in [-0.39, 0.29) is 29.3 Å². The first-order valence-electron chi connectivity index (χ1n) is 11.0. The fourth-order valence-electron chi connectivity index (χ4n) is 4.36. The summed E-state index contributed by atoms with van der Waals surface area (Å²) < 4.78 is 45.6. The summed E-state index contributed by atoms with van der Waals surface area (Å²) in [4.78, 5) is 26.5. The highest BCUT2D eigenvalue weighted by molar-refractivity contribution is 5.94. The molecule has 2 saturated heterocycles. The highest BCUT2D eigenvalue weighted by Crippen LogP contribution is 2.39. The van der Waals surface area contributed by atoms with Crippen molar-refractivity contribution < 1.29 is 27.5 Å². The Morgan fingerprint density at radius 1 is 1.03 bits per heavy atom. The van der Waals surface area contributed by atoms with Crippen LogP contribution in [-0.4, -0.2) is 48.1 Å². The lowest BCUT2D eigenvalue weighted by molar-refractivity contribution is -0.118. The van der Waals surface area contributed by atoms with Gasteiger partial charge in [0.05, 0.1) is 11.7 Å². The van der Waals surface area contributed by atoms with Gasteiger partial charge in [-0.1, -0.05) is 6.07 Å². The van der Waals surface area contributed by atoms with Crippen molar-refractivity contribution in [2.45, 2.75) is 37.4 Å². The summed E-state index contributed by atoms with van der Waals surface area (Å²) in [5.41, 5.74) is 0.565. The van der Waals surface area contributed by atoms with Crippen molar-refractivity contribution in [2.24, 2.45) is 0 Å². The van der Waals surface area contributed by atoms with Crippen LogP contribution in [0.1, 0.15) is 41.6 Å². The van der Waals surface area contributed by atoms with E-state index in [4.69, 9.17) is 4.74 Å². The lowest BCUT2D eigenvalue weighted by Crippen LogP contribution is -2.47. The number of halogens is 3. The van der Waals surface area contributed by atoms with Crippen LogP contribution in [0.5, 0.6) is 0 Å². The molecular formula is C25H25F3N2O3. The Labute approximate surface area is 190 Å². The number of amides is 2. The van der Waals surface area contributed by atoms with E-state index < -0.39 is 11.6 Å². The van der Waals surface area contributed by atoms with Gasteiger partial charge in [0.2, 0.25) is 5.91 Å². The number of nitrogens with one attached hydrogen (secondary N) is 1. The van der Waals surface area contributed by atoms with Gasteiger partial charge in [0.25, 0.3) is 5.91 Å². The number of piperidine rings is 1. The fourth-order valence-corrected chi connectivity index (χ4v) is 4.36. The van der Waals surface area contributed by atoms with Gasteiger partial charge in [-0.25, -0.2) is 13.2 Å². The van der Waals surface area contributed by atoms with Gasteiger partial charge >= 0.3 is 0 Å². The molecule has 0 aliphatic carbocycles. The molecule has 2 fully saturated rings. The zero-order chi connectivity index (χ0) is 23.4. The van der Waals surface area contributed by atoms with Crippen molar-refractivity contribution in [1.29, 1.82) is 0 Å². The first-order chi connectivity index (χ1) is 15.8. The van der Waals surface area contributed by atoms with E-state index >= 15 is 0 Å². The topological polar surface area (TPSA) is 58.6 Å². The number of nitrogens with zero attached hydrogens (tertiary/aromatic N) is 1. The Kier molecular flexibility index (Phi) is 6.83. The molecule has 4 rings (SSSR count). The summed E-state index contributed by atoms with van der Waals surface area (Å²) in [5, 5.41) is 2.78. The average molecular weight is 458 g/mol. The fraction of sp³-hybridized carbons (Fsp3) is 0.360. The Bertz CT molecular complexity index is 1050. The van der Waals surface area contributed by atoms with Crippen molar-refractivity contribution in [1.82, 2.24) is 10.2 Å². The van der Waals surface area contributed by atoms with Gasteiger partial charge in [-0.3, -0.25) is 9.59 Å². The number of benzene rings is 2. The first kappa shape index (κ1) is 23.0. The van der Waals surface area contributed by atoms with E-state index in [0.29, 0.717) is 43.6 Å². The molecule has 0 bridgehead atoms. The quantitative estimate of drug-likeness (QED) is 0.687. The first-order valence-corrected chi connectivity index (χ1v) is 11.0. The Hall–Kier alpha value is -3.13. The smallest absolute Gasteiger partial charge is 0.253 e. The second-order valence-electron chi connectivity index (χ2n) is 8.51. The molecule has 33 heavy (non-hydrogen) atoms. The zero-order valence-electron chi connectivity index (χ0n) is 18.0. The van der Waals surface area contributed by atoms with Gasteiger partial charge in [-0.05, 0) is 73.7 Å². The van der Waals surface area contributed by atoms with Gasteiger partial charge in [0, 0.05) is 31.3 Å². The van der Waals surface area contributed by atoms with E-state index in [1.807, 2.05) is 0 Å². The molecule has 0 radical (unpaired) electrons. The highest BCUT2D eigenvalue weighted by Gasteiger charge is 2.43. The van der Waals surface area contributed by atoms with Crippen molar-refractivity contribution in [3.8, 4) is 0 Å². The van der Waals surface area contributed by atoms with Gasteiger partial charge in [0.1, 0.15) is 5.82 Å². The largest absolute Gasteiger partial charge is 0.370 e. The summed E-state index contributed by atoms with van der Waals surface area (Å²) in [5.74, 6) is -2.73. The normalized spacial score (nSPS) is 19.8. The van der Waals surface area contributed by atoms with Crippen LogP contribution in [0.3, 0.4) is 0 Å². The lowest BCUT2D eigenvalue weighted by atomic mass is 9.88. The van der Waals surface area contributed by atoms with E-state index in [0.717, 1.165) is 25.0 Å². The molecule has 2 aliphatic heterocycles. The monoisotopic (exact) mass is 458 g/mol. The van der Waals surface area contributed by atoms with Crippen LogP contribution in [0.4, 0.5) is 13.2 Å². The number of carbonyl (C=O) groups is 2. The van der Waals surface area contributed by atoms with E-state index in [1.165, 1.54) is 42.5 Å². The van der Waals surface area contributed by atoms with Crippen molar-refractivity contribution >= 4 is 17.9 Å². The Morgan fingerprint density at radius 3 is 2.45 bits per heavy atom. The molecule has 2 aromatic carbocycles. The molecule has 174 valence electrons. The van der Waals surface area contributed by atoms with Crippen LogP contribution in [0.25, 0.3) is 6.08 Å². The van der Waals surface area contributed by atoms with E-state index in [2.05, 4.69) is 5.32 Å². The number of hydrogen-bond acceptors (Lipinski definition) is 3. The second kappa shape index (κ2) is 9.79. The average Bonchev–Trinajstić information content (AvgIpc) is 3.21. The summed E-state index contributed by atoms with van der Waals surface area (Å²) >= 11 is 0. The molecule has 0 aromatic heterocycles. The Morgan fingerprint density at radius 2 is 1.76 bits per heavy atom. The van der Waals surface area contributed by atoms with E-state index in [9.17, 15) is 22.8 Å². The van der Waals surface area contributed by atoms with Crippen molar-refractivity contribution in [3.63, 3.8) is 0 Å². The number of hydrogen-bond donors (Lipinski definition) is 1. The minimum Gasteiger partial charge on any atom is -0.370 e. The van der Waals surface area contributed by atoms with E-state index in [1.54, 1.807) is 4.90 Å². The van der Waals surface area contributed by atoms with Gasteiger partial charge in [-0.2, -0.15) is 0 Å². The number of carbonyl (C=O) groups excluding carboxylic acids is 2. The molecule has 2 aliphatic rings. The minimum atomic E-state index is -0.965. The molecule has 1 spiro atoms. The zero-order valence-corrected chi connectivity index (χ0v) is 18.0. The summed E-state index contributed by atoms with van der Waals surface area (Å²) in [7, 11) is 0. The van der Waals surface area contributed by atoms with Crippen LogP contribution >= 0.6 is 0 Å². The number of likely N-dealkylation sites (tertiary alicyclic amines) is 1. The Balaban J connectivity index is 1.23. The summed E-state index contributed by atoms with van der Waals surface area (Å²) in [6.45, 7) is 1.47. The van der Waals surface area contributed by atoms with Crippen LogP contribution in [-0.2, 0) is 9.53 Å². The molecule has 1 atom stereocenters. The van der Waals surface area contributed by atoms with Crippen LogP contribution in [0.2, 0.25) is 0 Å². The SMILES string of the molecule is O=C(/C=C/c1ccc(F)c(F)c1)NCC1CCC2(CCN(C(=O)c3ccc(F)cc3)CC2)O1. The molecule has 0 saturated carbocycles. The molecule has 1 N–H and O–H groups in total. The number of ether oxygens (including phenoxy) is 1. The predicted molar refractivity (Wildman–Crippen MR) is 117 cm³/mol. The summed E-state index contributed by atoms with van der Waals surface area (Å²) in [6, 6.07) is 8.98. The van der Waals surface area contributed by atoms with Crippen molar-refractivity contribution in [3.05, 3.63) is 77.1 Å². The highest BCUT2D eigenvalue weighted by atomic mass is 19.2. The van der Waals surface area contributed by atoms with Gasteiger partial charge in [0.15, 0.2) is 11.6 Å². The molecule has 2 aromatic rings. The molecule has 5 nitrogen and oxygen atoms in total. The molecule has 1 unspecified atom stereocenters. The van der Waals surface area contributed by atoms with Crippen LogP contribution in [0, 0.1) is 17.5 Å². The minimum absolute atomic E-state index is 0.112. The predicted octanol–water partition coefficient (Wildman–Crippen LogP) is 4.09. The molecule has 2 heterocycles. The van der Waals surface area contributed by atoms with Crippen molar-refractivity contribution in [2.75, 3.05) is 19.6 Å². The standard InChI is InChI=1S/C25H25F3N2O3/c26-19-5-3-18(4-6-19)24(32)30-13-11-25(12-14-30)10-9-20(33-25)16-29-23(31)8-2-17-1-7-21(27)22(28)15-17/h1-8,15,20H,9-14,16H2,(H,29,31)/b8-2+. The lowest BCUT2D eigenvalue weighted by Gasteiger charge is -2.39. The van der Waals surface area contributed by atoms with Gasteiger partial charge < -0.3 is 15.0 Å². The summed E-state index contributed by atoms with van der Waals surface area (Å²) in [6.07, 6.45) is 5.65. The van der Waals surface area contributed by atoms with Crippen LogP contribution in [0.15, 0.2) is 48.5 Å². The third kappa shape index (κ3) is 5.63. The number of rotatable bonds is 5. The maximum absolute atomic E-state index is 13.2. The second-order valence-corrected chi connectivity index (χ2v) is 8.51. The molecular weight excluding hydrogens is 433 g/mol. The third-order valence-corrected chi connectivity index (χ3v) is 6.27. The van der Waals surface area contributed by atoms with Crippen LogP contribution < -0.4 is 5.32 Å². The van der Waals surface area contributed by atoms with Gasteiger partial charge in [-0.15, -0.1) is 0 Å².